The van der Waals surface area contributed by atoms with Crippen LogP contribution in [-0.4, -0.2) is 16.3 Å². The fourth-order valence-electron chi connectivity index (χ4n) is 2.94. The summed E-state index contributed by atoms with van der Waals surface area (Å²) in [6.45, 7) is 2.05. The quantitative estimate of drug-likeness (QED) is 0.803. The van der Waals surface area contributed by atoms with E-state index >= 15 is 0 Å². The molecule has 0 bridgehead atoms. The third kappa shape index (κ3) is 2.42. The fraction of sp³-hybridized carbons (Fsp3) is 0.294. The molecule has 1 aliphatic rings. The maximum atomic E-state index is 10.4. The summed E-state index contributed by atoms with van der Waals surface area (Å²) < 4.78 is 0. The van der Waals surface area contributed by atoms with Gasteiger partial charge in [0, 0.05) is 12.1 Å². The van der Waals surface area contributed by atoms with Crippen molar-refractivity contribution < 1.29 is 10.2 Å². The van der Waals surface area contributed by atoms with Crippen LogP contribution < -0.4 is 5.32 Å². The molecule has 0 aliphatic heterocycles. The molecule has 3 unspecified atom stereocenters. The average Bonchev–Trinajstić information content (AvgIpc) is 2.76. The first kappa shape index (κ1) is 13.2. The summed E-state index contributed by atoms with van der Waals surface area (Å²) in [7, 11) is 0. The molecule has 0 spiro atoms. The van der Waals surface area contributed by atoms with E-state index in [1.165, 1.54) is 5.56 Å². The van der Waals surface area contributed by atoms with Crippen molar-refractivity contribution in [3.8, 4) is 5.75 Å². The molecule has 3 rings (SSSR count). The molecule has 0 saturated heterocycles. The first-order chi connectivity index (χ1) is 9.65. The second-order valence-electron chi connectivity index (χ2n) is 5.44. The van der Waals surface area contributed by atoms with Gasteiger partial charge in [-0.25, -0.2) is 0 Å². The summed E-state index contributed by atoms with van der Waals surface area (Å²) in [5.41, 5.74) is 3.25. The molecule has 3 atom stereocenters. The zero-order valence-electron chi connectivity index (χ0n) is 11.5. The van der Waals surface area contributed by atoms with E-state index in [9.17, 15) is 10.2 Å². The maximum Gasteiger partial charge on any atom is 0.115 e. The number of nitrogens with one attached hydrogen (secondary N) is 1. The van der Waals surface area contributed by atoms with Gasteiger partial charge in [0.15, 0.2) is 0 Å². The molecule has 20 heavy (non-hydrogen) atoms. The smallest absolute Gasteiger partial charge is 0.115 e. The summed E-state index contributed by atoms with van der Waals surface area (Å²) in [6.07, 6.45) is 0.367. The molecule has 3 nitrogen and oxygen atoms in total. The summed E-state index contributed by atoms with van der Waals surface area (Å²) in [6, 6.07) is 15.4. The van der Waals surface area contributed by atoms with E-state index in [4.69, 9.17) is 0 Å². The molecular formula is C17H19NO2. The molecule has 0 saturated carbocycles. The fourth-order valence-corrected chi connectivity index (χ4v) is 2.94. The lowest BCUT2D eigenvalue weighted by Gasteiger charge is -2.22. The number of aliphatic hydroxyl groups is 1. The Bertz CT molecular complexity index is 611. The zero-order chi connectivity index (χ0) is 14.1. The van der Waals surface area contributed by atoms with Crippen LogP contribution in [0.2, 0.25) is 0 Å². The molecule has 0 amide bonds. The Kier molecular flexibility index (Phi) is 3.47. The number of phenols is 1. The van der Waals surface area contributed by atoms with Crippen LogP contribution in [0.1, 0.15) is 35.8 Å². The van der Waals surface area contributed by atoms with Gasteiger partial charge in [0.2, 0.25) is 0 Å². The molecular weight excluding hydrogens is 250 g/mol. The molecule has 0 radical (unpaired) electrons. The Labute approximate surface area is 118 Å². The van der Waals surface area contributed by atoms with Crippen LogP contribution in [0.15, 0.2) is 48.5 Å². The number of rotatable bonds is 3. The lowest BCUT2D eigenvalue weighted by molar-refractivity contribution is 0.136. The van der Waals surface area contributed by atoms with Crippen LogP contribution in [0.5, 0.6) is 5.75 Å². The van der Waals surface area contributed by atoms with Gasteiger partial charge in [-0.1, -0.05) is 36.4 Å². The minimum atomic E-state index is -0.467. The summed E-state index contributed by atoms with van der Waals surface area (Å²) in [5.74, 6) is 0.270. The van der Waals surface area contributed by atoms with Gasteiger partial charge in [0.1, 0.15) is 5.75 Å². The van der Waals surface area contributed by atoms with Gasteiger partial charge in [-0.3, -0.25) is 0 Å². The highest BCUT2D eigenvalue weighted by Crippen LogP contribution is 2.32. The Morgan fingerprint density at radius 2 is 1.95 bits per heavy atom. The monoisotopic (exact) mass is 269 g/mol. The Morgan fingerprint density at radius 1 is 1.15 bits per heavy atom. The van der Waals surface area contributed by atoms with E-state index in [-0.39, 0.29) is 17.8 Å². The predicted octanol–water partition coefficient (Wildman–Crippen LogP) is 2.70. The minimum Gasteiger partial charge on any atom is -0.508 e. The van der Waals surface area contributed by atoms with Gasteiger partial charge >= 0.3 is 0 Å². The second kappa shape index (κ2) is 5.27. The van der Waals surface area contributed by atoms with Crippen molar-refractivity contribution in [1.82, 2.24) is 5.32 Å². The summed E-state index contributed by atoms with van der Waals surface area (Å²) in [5, 5.41) is 23.4. The van der Waals surface area contributed by atoms with Crippen molar-refractivity contribution in [3.63, 3.8) is 0 Å². The first-order valence-corrected chi connectivity index (χ1v) is 6.96. The van der Waals surface area contributed by atoms with E-state index in [0.29, 0.717) is 0 Å². The van der Waals surface area contributed by atoms with Crippen LogP contribution in [0.4, 0.5) is 0 Å². The molecule has 0 aromatic heterocycles. The predicted molar refractivity (Wildman–Crippen MR) is 78.6 cm³/mol. The van der Waals surface area contributed by atoms with Gasteiger partial charge in [-0.2, -0.15) is 0 Å². The highest BCUT2D eigenvalue weighted by molar-refractivity contribution is 5.36. The third-order valence-corrected chi connectivity index (χ3v) is 4.03. The number of hydrogen-bond acceptors (Lipinski definition) is 3. The van der Waals surface area contributed by atoms with Crippen molar-refractivity contribution in [2.75, 3.05) is 0 Å². The Balaban J connectivity index is 1.74. The summed E-state index contributed by atoms with van der Waals surface area (Å²) >= 11 is 0. The molecule has 0 fully saturated rings. The molecule has 1 aliphatic carbocycles. The molecule has 104 valence electrons. The average molecular weight is 269 g/mol. The van der Waals surface area contributed by atoms with E-state index in [1.54, 1.807) is 12.1 Å². The largest absolute Gasteiger partial charge is 0.508 e. The second-order valence-corrected chi connectivity index (χ2v) is 5.44. The normalized spacial score (nSPS) is 22.5. The van der Waals surface area contributed by atoms with Crippen molar-refractivity contribution in [1.29, 1.82) is 0 Å². The van der Waals surface area contributed by atoms with Crippen molar-refractivity contribution in [2.45, 2.75) is 31.5 Å². The molecule has 2 aromatic rings. The van der Waals surface area contributed by atoms with Gasteiger partial charge in [-0.05, 0) is 42.2 Å². The topological polar surface area (TPSA) is 52.5 Å². The number of fused-ring (bicyclic) bond motifs is 1. The van der Waals surface area contributed by atoms with Crippen LogP contribution >= 0.6 is 0 Å². The first-order valence-electron chi connectivity index (χ1n) is 6.96. The van der Waals surface area contributed by atoms with Crippen LogP contribution in [-0.2, 0) is 6.42 Å². The number of phenolic OH excluding ortho intramolecular Hbond substituents is 1. The van der Waals surface area contributed by atoms with Gasteiger partial charge in [0.05, 0.1) is 6.10 Å². The van der Waals surface area contributed by atoms with E-state index in [2.05, 4.69) is 11.4 Å². The van der Waals surface area contributed by atoms with E-state index in [1.807, 2.05) is 37.3 Å². The van der Waals surface area contributed by atoms with Gasteiger partial charge in [0.25, 0.3) is 0 Å². The van der Waals surface area contributed by atoms with Gasteiger partial charge in [-0.15, -0.1) is 0 Å². The Hall–Kier alpha value is -1.84. The Morgan fingerprint density at radius 3 is 2.70 bits per heavy atom. The standard InChI is InChI=1S/C17H19NO2/c1-11(12-6-4-7-14(19)9-12)18-16-10-13-5-2-3-8-15(13)17(16)20/h2-9,11,16-20H,10H2,1H3. The minimum absolute atomic E-state index is 0.0183. The lowest BCUT2D eigenvalue weighted by Crippen LogP contribution is -2.34. The van der Waals surface area contributed by atoms with Crippen LogP contribution in [0.3, 0.4) is 0 Å². The summed E-state index contributed by atoms with van der Waals surface area (Å²) in [4.78, 5) is 0. The number of benzene rings is 2. The zero-order valence-corrected chi connectivity index (χ0v) is 11.5. The highest BCUT2D eigenvalue weighted by Gasteiger charge is 2.31. The molecule has 0 heterocycles. The molecule has 2 aromatic carbocycles. The van der Waals surface area contributed by atoms with E-state index < -0.39 is 6.10 Å². The van der Waals surface area contributed by atoms with E-state index in [0.717, 1.165) is 17.5 Å². The number of hydrogen-bond donors (Lipinski definition) is 3. The van der Waals surface area contributed by atoms with Crippen molar-refractivity contribution in [2.24, 2.45) is 0 Å². The number of aliphatic hydroxyl groups excluding tert-OH is 1. The number of aromatic hydroxyl groups is 1. The van der Waals surface area contributed by atoms with Crippen LogP contribution in [0.25, 0.3) is 0 Å². The van der Waals surface area contributed by atoms with Crippen molar-refractivity contribution >= 4 is 0 Å². The SMILES string of the molecule is CC(NC1Cc2ccccc2C1O)c1cccc(O)c1. The van der Waals surface area contributed by atoms with Gasteiger partial charge < -0.3 is 15.5 Å². The maximum absolute atomic E-state index is 10.4. The lowest BCUT2D eigenvalue weighted by atomic mass is 10.1. The molecule has 3 heteroatoms. The third-order valence-electron chi connectivity index (χ3n) is 4.03. The highest BCUT2D eigenvalue weighted by atomic mass is 16.3. The molecule has 3 N–H and O–H groups in total. The van der Waals surface area contributed by atoms with Crippen LogP contribution in [0, 0.1) is 0 Å². The van der Waals surface area contributed by atoms with Crippen molar-refractivity contribution in [3.05, 3.63) is 65.2 Å².